The van der Waals surface area contributed by atoms with Gasteiger partial charge in [-0.3, -0.25) is 9.59 Å². The second kappa shape index (κ2) is 8.03. The van der Waals surface area contributed by atoms with E-state index in [1.165, 1.54) is 39.0 Å². The lowest BCUT2D eigenvalue weighted by molar-refractivity contribution is -0.128. The molecule has 0 aliphatic heterocycles. The molecule has 4 heteroatoms. The van der Waals surface area contributed by atoms with Crippen LogP contribution in [-0.2, 0) is 4.79 Å². The van der Waals surface area contributed by atoms with Crippen molar-refractivity contribution in [3.63, 3.8) is 0 Å². The molecule has 2 fully saturated rings. The van der Waals surface area contributed by atoms with Crippen molar-refractivity contribution < 1.29 is 14.3 Å². The first kappa shape index (κ1) is 18.0. The van der Waals surface area contributed by atoms with Crippen molar-refractivity contribution in [2.75, 3.05) is 0 Å². The van der Waals surface area contributed by atoms with Crippen LogP contribution in [0.1, 0.15) is 69.2 Å². The molecule has 1 N–H and O–H groups in total. The van der Waals surface area contributed by atoms with Crippen LogP contribution in [-0.4, -0.2) is 23.8 Å². The van der Waals surface area contributed by atoms with Crippen molar-refractivity contribution in [2.45, 2.75) is 70.9 Å². The second-order valence-corrected chi connectivity index (χ2v) is 7.67. The third kappa shape index (κ3) is 4.62. The quantitative estimate of drug-likeness (QED) is 0.818. The van der Waals surface area contributed by atoms with Crippen LogP contribution in [0.3, 0.4) is 0 Å². The Hall–Kier alpha value is -1.84. The molecule has 1 aromatic rings. The number of carbonyl (C=O) groups excluding carboxylic acids is 2. The second-order valence-electron chi connectivity index (χ2n) is 7.67. The maximum atomic E-state index is 12.5. The molecule has 2 aliphatic rings. The van der Waals surface area contributed by atoms with E-state index in [4.69, 9.17) is 4.74 Å². The van der Waals surface area contributed by atoms with E-state index < -0.39 is 6.10 Å². The summed E-state index contributed by atoms with van der Waals surface area (Å²) in [5.74, 6) is 2.16. The Bertz CT molecular complexity index is 627. The highest BCUT2D eigenvalue weighted by Crippen LogP contribution is 2.40. The largest absolute Gasteiger partial charge is 0.481 e. The number of benzene rings is 1. The van der Waals surface area contributed by atoms with Crippen LogP contribution in [0.25, 0.3) is 0 Å². The summed E-state index contributed by atoms with van der Waals surface area (Å²) in [6, 6.07) is 7.29. The van der Waals surface area contributed by atoms with Gasteiger partial charge < -0.3 is 10.1 Å². The first-order valence-electron chi connectivity index (χ1n) is 9.61. The number of rotatable bonds is 5. The Morgan fingerprint density at radius 3 is 2.64 bits per heavy atom. The monoisotopic (exact) mass is 343 g/mol. The number of hydrogen-bond donors (Lipinski definition) is 1. The Labute approximate surface area is 150 Å². The molecule has 25 heavy (non-hydrogen) atoms. The fourth-order valence-corrected chi connectivity index (χ4v) is 4.37. The molecule has 4 atom stereocenters. The minimum atomic E-state index is -0.564. The lowest BCUT2D eigenvalue weighted by Crippen LogP contribution is -2.46. The molecule has 2 saturated carbocycles. The first-order valence-corrected chi connectivity index (χ1v) is 9.61. The Morgan fingerprint density at radius 1 is 1.12 bits per heavy atom. The van der Waals surface area contributed by atoms with E-state index >= 15 is 0 Å². The summed E-state index contributed by atoms with van der Waals surface area (Å²) in [4.78, 5) is 24.0. The fraction of sp³-hybridized carbons (Fsp3) is 0.619. The molecule has 0 unspecified atom stereocenters. The molecular weight excluding hydrogens is 314 g/mol. The number of ketones is 1. The van der Waals surface area contributed by atoms with Gasteiger partial charge in [-0.2, -0.15) is 0 Å². The van der Waals surface area contributed by atoms with Gasteiger partial charge in [-0.1, -0.05) is 37.8 Å². The maximum Gasteiger partial charge on any atom is 0.260 e. The standard InChI is InChI=1S/C21H29NO3/c1-14(23)17-8-5-9-20(13-17)25-15(2)21(24)22-19-11-10-16-6-3-4-7-18(16)12-19/h5,8-9,13,15-16,18-19H,3-4,6-7,10-12H2,1-2H3,(H,22,24)/t15-,16+,18+,19-/m1/s1. The van der Waals surface area contributed by atoms with Gasteiger partial charge in [0.1, 0.15) is 5.75 Å². The van der Waals surface area contributed by atoms with Crippen LogP contribution in [0.15, 0.2) is 24.3 Å². The van der Waals surface area contributed by atoms with Crippen LogP contribution < -0.4 is 10.1 Å². The molecule has 1 amide bonds. The Kier molecular flexibility index (Phi) is 5.77. The molecule has 2 aliphatic carbocycles. The summed E-state index contributed by atoms with van der Waals surface area (Å²) in [5.41, 5.74) is 0.598. The number of Topliss-reactive ketones (excluding diaryl/α,β-unsaturated/α-hetero) is 1. The van der Waals surface area contributed by atoms with Crippen molar-refractivity contribution in [1.29, 1.82) is 0 Å². The van der Waals surface area contributed by atoms with Crippen LogP contribution in [0.2, 0.25) is 0 Å². The van der Waals surface area contributed by atoms with E-state index in [9.17, 15) is 9.59 Å². The fourth-order valence-electron chi connectivity index (χ4n) is 4.37. The SMILES string of the molecule is CC(=O)c1cccc(O[C@H](C)C(=O)N[C@@H]2CC[C@@H]3CCCC[C@H]3C2)c1. The molecule has 0 heterocycles. The van der Waals surface area contributed by atoms with E-state index in [2.05, 4.69) is 5.32 Å². The molecule has 1 aromatic carbocycles. The summed E-state index contributed by atoms with van der Waals surface area (Å²) in [6.07, 6.45) is 8.29. The average molecular weight is 343 g/mol. The Balaban J connectivity index is 1.52. The summed E-state index contributed by atoms with van der Waals surface area (Å²) in [7, 11) is 0. The smallest absolute Gasteiger partial charge is 0.260 e. The minimum absolute atomic E-state index is 0.00760. The lowest BCUT2D eigenvalue weighted by Gasteiger charge is -2.39. The van der Waals surface area contributed by atoms with E-state index in [1.54, 1.807) is 31.2 Å². The van der Waals surface area contributed by atoms with E-state index in [0.717, 1.165) is 24.7 Å². The normalized spacial score (nSPS) is 27.0. The van der Waals surface area contributed by atoms with Crippen molar-refractivity contribution >= 4 is 11.7 Å². The van der Waals surface area contributed by atoms with E-state index in [-0.39, 0.29) is 17.7 Å². The molecule has 0 spiro atoms. The molecule has 0 bridgehead atoms. The van der Waals surface area contributed by atoms with Gasteiger partial charge in [-0.05, 0) is 57.1 Å². The molecular formula is C21H29NO3. The summed E-state index contributed by atoms with van der Waals surface area (Å²) in [6.45, 7) is 3.29. The molecule has 3 rings (SSSR count). The van der Waals surface area contributed by atoms with Gasteiger partial charge in [0.05, 0.1) is 0 Å². The third-order valence-corrected chi connectivity index (χ3v) is 5.81. The van der Waals surface area contributed by atoms with Gasteiger partial charge in [-0.25, -0.2) is 0 Å². The van der Waals surface area contributed by atoms with Crippen LogP contribution in [0, 0.1) is 11.8 Å². The van der Waals surface area contributed by atoms with Gasteiger partial charge in [-0.15, -0.1) is 0 Å². The molecule has 0 saturated heterocycles. The number of hydrogen-bond acceptors (Lipinski definition) is 3. The lowest BCUT2D eigenvalue weighted by atomic mass is 9.69. The average Bonchev–Trinajstić information content (AvgIpc) is 2.61. The highest BCUT2D eigenvalue weighted by atomic mass is 16.5. The predicted molar refractivity (Wildman–Crippen MR) is 97.8 cm³/mol. The van der Waals surface area contributed by atoms with Gasteiger partial charge in [0.15, 0.2) is 11.9 Å². The zero-order chi connectivity index (χ0) is 17.8. The van der Waals surface area contributed by atoms with Crippen LogP contribution >= 0.6 is 0 Å². The zero-order valence-electron chi connectivity index (χ0n) is 15.3. The van der Waals surface area contributed by atoms with Gasteiger partial charge in [0, 0.05) is 11.6 Å². The van der Waals surface area contributed by atoms with Gasteiger partial charge >= 0.3 is 0 Å². The minimum Gasteiger partial charge on any atom is -0.481 e. The van der Waals surface area contributed by atoms with Gasteiger partial charge in [0.25, 0.3) is 5.91 Å². The molecule has 4 nitrogen and oxygen atoms in total. The van der Waals surface area contributed by atoms with Crippen LogP contribution in [0.4, 0.5) is 0 Å². The summed E-state index contributed by atoms with van der Waals surface area (Å²) < 4.78 is 5.75. The number of fused-ring (bicyclic) bond motifs is 1. The summed E-state index contributed by atoms with van der Waals surface area (Å²) >= 11 is 0. The number of ether oxygens (including phenoxy) is 1. The third-order valence-electron chi connectivity index (χ3n) is 5.81. The zero-order valence-corrected chi connectivity index (χ0v) is 15.3. The number of carbonyl (C=O) groups is 2. The summed E-state index contributed by atoms with van der Waals surface area (Å²) in [5, 5.41) is 3.18. The highest BCUT2D eigenvalue weighted by molar-refractivity contribution is 5.94. The maximum absolute atomic E-state index is 12.5. The van der Waals surface area contributed by atoms with Crippen molar-refractivity contribution in [2.24, 2.45) is 11.8 Å². The highest BCUT2D eigenvalue weighted by Gasteiger charge is 2.33. The van der Waals surface area contributed by atoms with E-state index in [0.29, 0.717) is 11.3 Å². The topological polar surface area (TPSA) is 55.4 Å². The van der Waals surface area contributed by atoms with Crippen molar-refractivity contribution in [1.82, 2.24) is 5.32 Å². The van der Waals surface area contributed by atoms with Crippen molar-refractivity contribution in [3.05, 3.63) is 29.8 Å². The van der Waals surface area contributed by atoms with Gasteiger partial charge in [0.2, 0.25) is 0 Å². The Morgan fingerprint density at radius 2 is 1.88 bits per heavy atom. The first-order chi connectivity index (χ1) is 12.0. The molecule has 0 radical (unpaired) electrons. The van der Waals surface area contributed by atoms with E-state index in [1.807, 2.05) is 0 Å². The molecule has 0 aromatic heterocycles. The molecule has 136 valence electrons. The van der Waals surface area contributed by atoms with Crippen molar-refractivity contribution in [3.8, 4) is 5.75 Å². The number of nitrogens with one attached hydrogen (secondary N) is 1. The number of amides is 1. The predicted octanol–water partition coefficient (Wildman–Crippen LogP) is 4.13. The van der Waals surface area contributed by atoms with Crippen LogP contribution in [0.5, 0.6) is 5.75 Å².